The average molecular weight is 536 g/mol. The van der Waals surface area contributed by atoms with Crippen molar-refractivity contribution >= 4 is 40.2 Å². The number of nitrogens with one attached hydrogen (secondary N) is 3. The van der Waals surface area contributed by atoms with Gasteiger partial charge in [-0.25, -0.2) is 23.7 Å². The Kier molecular flexibility index (Phi) is 7.64. The molecule has 8 nitrogen and oxygen atoms in total. The van der Waals surface area contributed by atoms with Gasteiger partial charge in [0.2, 0.25) is 0 Å². The zero-order valence-corrected chi connectivity index (χ0v) is 21.7. The van der Waals surface area contributed by atoms with E-state index in [4.69, 9.17) is 0 Å². The number of carbonyl (C=O) groups is 1. The zero-order valence-electron chi connectivity index (χ0n) is 20.9. The first-order valence-corrected chi connectivity index (χ1v) is 13.2. The maximum absolute atomic E-state index is 12.4. The highest BCUT2D eigenvalue weighted by molar-refractivity contribution is 8.01. The summed E-state index contributed by atoms with van der Waals surface area (Å²) >= 11 is 1.88. The van der Waals surface area contributed by atoms with E-state index in [9.17, 15) is 13.6 Å². The second-order valence-corrected chi connectivity index (χ2v) is 10.4. The van der Waals surface area contributed by atoms with Gasteiger partial charge in [-0.2, -0.15) is 0 Å². The molecular weight excluding hydrogens is 508 g/mol. The van der Waals surface area contributed by atoms with Crippen LogP contribution in [0.4, 0.5) is 20.4 Å². The number of fused-ring (bicyclic) bond motifs is 1. The van der Waals surface area contributed by atoms with Crippen LogP contribution in [0.15, 0.2) is 61.2 Å². The minimum absolute atomic E-state index is 0.120. The molecule has 4 heterocycles. The number of rotatable bonds is 9. The molecule has 3 N–H and O–H groups in total. The molecule has 196 valence electrons. The fourth-order valence-electron chi connectivity index (χ4n) is 4.54. The van der Waals surface area contributed by atoms with Crippen molar-refractivity contribution in [2.24, 2.45) is 5.92 Å². The number of aromatic nitrogens is 4. The van der Waals surface area contributed by atoms with E-state index in [0.29, 0.717) is 34.1 Å². The summed E-state index contributed by atoms with van der Waals surface area (Å²) in [5.41, 5.74) is 4.10. The van der Waals surface area contributed by atoms with Gasteiger partial charge in [0.1, 0.15) is 18.0 Å². The number of halogens is 2. The highest BCUT2D eigenvalue weighted by Crippen LogP contribution is 2.54. The number of anilines is 2. The molecule has 11 heteroatoms. The Bertz CT molecular complexity index is 1440. The van der Waals surface area contributed by atoms with E-state index < -0.39 is 13.0 Å². The first-order chi connectivity index (χ1) is 18.4. The third-order valence-electron chi connectivity index (χ3n) is 6.61. The molecular formula is C27H27F2N7OS. The number of amides is 1. The summed E-state index contributed by atoms with van der Waals surface area (Å²) in [6, 6.07) is 13.1. The van der Waals surface area contributed by atoms with Crippen LogP contribution in [0.25, 0.3) is 22.2 Å². The minimum Gasteiger partial charge on any atom is -0.369 e. The normalized spacial score (nSPS) is 18.7. The largest absolute Gasteiger partial charge is 0.369 e. The van der Waals surface area contributed by atoms with Crippen molar-refractivity contribution in [2.75, 3.05) is 30.8 Å². The maximum Gasteiger partial charge on any atom is 0.255 e. The Balaban J connectivity index is 1.23. The molecule has 2 unspecified atom stereocenters. The number of hydrogen-bond donors (Lipinski definition) is 3. The van der Waals surface area contributed by atoms with Gasteiger partial charge in [0.05, 0.1) is 23.3 Å². The van der Waals surface area contributed by atoms with Gasteiger partial charge >= 0.3 is 0 Å². The molecule has 1 aliphatic heterocycles. The van der Waals surface area contributed by atoms with Gasteiger partial charge in [-0.3, -0.25) is 9.78 Å². The van der Waals surface area contributed by atoms with Crippen LogP contribution in [0.3, 0.4) is 0 Å². The zero-order chi connectivity index (χ0) is 26.6. The van der Waals surface area contributed by atoms with Gasteiger partial charge in [-0.15, -0.1) is 11.8 Å². The van der Waals surface area contributed by atoms with Crippen molar-refractivity contribution in [1.29, 1.82) is 0 Å². The quantitative estimate of drug-likeness (QED) is 0.274. The summed E-state index contributed by atoms with van der Waals surface area (Å²) < 4.78 is 24.8. The Labute approximate surface area is 223 Å². The number of alkyl halides is 2. The van der Waals surface area contributed by atoms with Crippen molar-refractivity contribution in [3.05, 3.63) is 72.3 Å². The number of benzene rings is 1. The SMILES string of the molecule is CNC(=O)c1ccnc2c(C3SC(CNc4cc(-c5ccc(NCC(F)F)nc5)ncn4)[C@H]3C)cccc12. The van der Waals surface area contributed by atoms with E-state index in [1.807, 2.05) is 30.0 Å². The summed E-state index contributed by atoms with van der Waals surface area (Å²) in [7, 11) is 1.63. The summed E-state index contributed by atoms with van der Waals surface area (Å²) in [6.45, 7) is 2.52. The Morgan fingerprint density at radius 2 is 1.92 bits per heavy atom. The molecule has 0 saturated carbocycles. The number of carbonyl (C=O) groups excluding carboxylic acids is 1. The molecule has 0 bridgehead atoms. The van der Waals surface area contributed by atoms with Crippen LogP contribution in [0, 0.1) is 5.92 Å². The first-order valence-electron chi connectivity index (χ1n) is 12.2. The van der Waals surface area contributed by atoms with Crippen molar-refractivity contribution in [1.82, 2.24) is 25.3 Å². The van der Waals surface area contributed by atoms with Crippen LogP contribution in [-0.4, -0.2) is 57.7 Å². The molecule has 3 aromatic heterocycles. The van der Waals surface area contributed by atoms with Gasteiger partial charge in [-0.05, 0) is 29.7 Å². The molecule has 1 fully saturated rings. The smallest absolute Gasteiger partial charge is 0.255 e. The third kappa shape index (κ3) is 5.38. The lowest BCUT2D eigenvalue weighted by atomic mass is 9.92. The van der Waals surface area contributed by atoms with E-state index in [0.717, 1.165) is 28.6 Å². The molecule has 4 aromatic rings. The molecule has 1 amide bonds. The van der Waals surface area contributed by atoms with Gasteiger partial charge in [-0.1, -0.05) is 25.1 Å². The molecule has 1 aliphatic rings. The summed E-state index contributed by atoms with van der Waals surface area (Å²) in [4.78, 5) is 29.8. The number of hydrogen-bond acceptors (Lipinski definition) is 8. The molecule has 0 radical (unpaired) electrons. The lowest BCUT2D eigenvalue weighted by Crippen LogP contribution is -2.37. The predicted molar refractivity (Wildman–Crippen MR) is 147 cm³/mol. The summed E-state index contributed by atoms with van der Waals surface area (Å²) in [5.74, 6) is 1.36. The highest BCUT2D eigenvalue weighted by atomic mass is 32.2. The molecule has 3 atom stereocenters. The molecule has 38 heavy (non-hydrogen) atoms. The molecule has 0 spiro atoms. The van der Waals surface area contributed by atoms with Crippen molar-refractivity contribution in [3.8, 4) is 11.3 Å². The second-order valence-electron chi connectivity index (χ2n) is 9.01. The topological polar surface area (TPSA) is 105 Å². The number of pyridine rings is 2. The highest BCUT2D eigenvalue weighted by Gasteiger charge is 2.40. The van der Waals surface area contributed by atoms with E-state index >= 15 is 0 Å². The first kappa shape index (κ1) is 25.8. The lowest BCUT2D eigenvalue weighted by molar-refractivity contribution is 0.0964. The third-order valence-corrected chi connectivity index (χ3v) is 8.54. The molecule has 0 aliphatic carbocycles. The number of nitrogens with zero attached hydrogens (tertiary/aromatic N) is 4. The minimum atomic E-state index is -2.44. The van der Waals surface area contributed by atoms with Crippen LogP contribution in [-0.2, 0) is 0 Å². The fraction of sp³-hybridized carbons (Fsp3) is 0.296. The second kappa shape index (κ2) is 11.3. The van der Waals surface area contributed by atoms with Crippen LogP contribution < -0.4 is 16.0 Å². The monoisotopic (exact) mass is 535 g/mol. The Hall–Kier alpha value is -3.86. The van der Waals surface area contributed by atoms with Gasteiger partial charge in [0.15, 0.2) is 0 Å². The van der Waals surface area contributed by atoms with E-state index in [1.54, 1.807) is 37.6 Å². The van der Waals surface area contributed by atoms with Crippen molar-refractivity contribution < 1.29 is 13.6 Å². The fourth-order valence-corrected chi connectivity index (χ4v) is 6.01. The van der Waals surface area contributed by atoms with Crippen LogP contribution in [0.5, 0.6) is 0 Å². The molecule has 5 rings (SSSR count). The summed E-state index contributed by atoms with van der Waals surface area (Å²) in [5, 5.41) is 10.2. The average Bonchev–Trinajstić information content (AvgIpc) is 2.95. The van der Waals surface area contributed by atoms with Crippen LogP contribution in [0.1, 0.15) is 28.1 Å². The number of para-hydroxylation sites is 1. The van der Waals surface area contributed by atoms with Gasteiger partial charge < -0.3 is 16.0 Å². The Morgan fingerprint density at radius 1 is 1.05 bits per heavy atom. The van der Waals surface area contributed by atoms with E-state index in [1.165, 1.54) is 6.33 Å². The summed E-state index contributed by atoms with van der Waals surface area (Å²) in [6.07, 6.45) is 2.35. The molecule has 1 aromatic carbocycles. The van der Waals surface area contributed by atoms with Gasteiger partial charge in [0.25, 0.3) is 12.3 Å². The van der Waals surface area contributed by atoms with Crippen LogP contribution >= 0.6 is 11.8 Å². The Morgan fingerprint density at radius 3 is 2.66 bits per heavy atom. The lowest BCUT2D eigenvalue weighted by Gasteiger charge is -2.43. The van der Waals surface area contributed by atoms with E-state index in [2.05, 4.69) is 48.9 Å². The predicted octanol–water partition coefficient (Wildman–Crippen LogP) is 5.03. The van der Waals surface area contributed by atoms with Gasteiger partial charge in [0, 0.05) is 53.5 Å². The van der Waals surface area contributed by atoms with E-state index in [-0.39, 0.29) is 11.2 Å². The van der Waals surface area contributed by atoms with Crippen LogP contribution in [0.2, 0.25) is 0 Å². The van der Waals surface area contributed by atoms with Crippen molar-refractivity contribution in [3.63, 3.8) is 0 Å². The molecule has 1 saturated heterocycles. The number of thioether (sulfide) groups is 1. The maximum atomic E-state index is 12.4. The van der Waals surface area contributed by atoms with Crippen molar-refractivity contribution in [2.45, 2.75) is 23.8 Å². The standard InChI is InChI=1S/C27H27F2N7OS/c1-15-21(38-26(15)19-5-3-4-17-18(27(37)30-2)8-9-31-25(17)19)12-33-24-10-20(35-14-36-24)16-6-7-23(32-11-16)34-13-22(28)29/h3-11,14-15,21-22,26H,12-13H2,1-2H3,(H,30,37)(H,32,34)(H,33,35,36)/t15-,21?,26?/m1/s1.